The molecule has 0 aliphatic heterocycles. The molecule has 28 heavy (non-hydrogen) atoms. The Morgan fingerprint density at radius 2 is 1.93 bits per heavy atom. The maximum absolute atomic E-state index is 12.0. The van der Waals surface area contributed by atoms with Gasteiger partial charge in [-0.25, -0.2) is 9.78 Å². The molecule has 1 aromatic heterocycles. The van der Waals surface area contributed by atoms with Crippen molar-refractivity contribution in [3.63, 3.8) is 0 Å². The van der Waals surface area contributed by atoms with Gasteiger partial charge in [-0.3, -0.25) is 9.59 Å². The Morgan fingerprint density at radius 1 is 1.11 bits per heavy atom. The van der Waals surface area contributed by atoms with Crippen molar-refractivity contribution < 1.29 is 14.3 Å². The van der Waals surface area contributed by atoms with Gasteiger partial charge in [0.05, 0.1) is 17.2 Å². The number of carbonyl (C=O) groups is 2. The fourth-order valence-electron chi connectivity index (χ4n) is 2.58. The van der Waals surface area contributed by atoms with Crippen molar-refractivity contribution >= 4 is 28.6 Å². The number of hydrogen-bond acceptors (Lipinski definition) is 5. The molecule has 0 bridgehead atoms. The van der Waals surface area contributed by atoms with Gasteiger partial charge in [0.15, 0.2) is 0 Å². The third kappa shape index (κ3) is 5.41. The fourth-order valence-corrected chi connectivity index (χ4v) is 2.58. The Hall–Kier alpha value is -3.68. The molecule has 3 aromatic rings. The van der Waals surface area contributed by atoms with Crippen molar-refractivity contribution in [1.82, 2.24) is 15.3 Å². The summed E-state index contributed by atoms with van der Waals surface area (Å²) in [5.41, 5.74) is 1.71. The van der Waals surface area contributed by atoms with E-state index in [0.29, 0.717) is 29.6 Å². The number of nitrogens with one attached hydrogen (secondary N) is 3. The van der Waals surface area contributed by atoms with Gasteiger partial charge < -0.3 is 20.4 Å². The van der Waals surface area contributed by atoms with Gasteiger partial charge in [-0.2, -0.15) is 0 Å². The van der Waals surface area contributed by atoms with E-state index in [1.54, 1.807) is 18.2 Å². The first-order chi connectivity index (χ1) is 13.6. The summed E-state index contributed by atoms with van der Waals surface area (Å²) in [5, 5.41) is 5.75. The number of H-pyrrole nitrogens is 1. The zero-order valence-corrected chi connectivity index (χ0v) is 15.1. The van der Waals surface area contributed by atoms with Gasteiger partial charge in [-0.1, -0.05) is 30.3 Å². The zero-order chi connectivity index (χ0) is 19.8. The highest BCUT2D eigenvalue weighted by Crippen LogP contribution is 2.14. The van der Waals surface area contributed by atoms with Crippen molar-refractivity contribution in [3.05, 3.63) is 70.8 Å². The van der Waals surface area contributed by atoms with Gasteiger partial charge in [0.2, 0.25) is 5.91 Å². The quantitative estimate of drug-likeness (QED) is 0.545. The number of benzene rings is 2. The molecule has 144 valence electrons. The van der Waals surface area contributed by atoms with Gasteiger partial charge >= 0.3 is 6.09 Å². The molecular weight excluding hydrogens is 360 g/mol. The summed E-state index contributed by atoms with van der Waals surface area (Å²) in [7, 11) is 0. The summed E-state index contributed by atoms with van der Waals surface area (Å²) in [6.07, 6.45) is 1.49. The second kappa shape index (κ2) is 9.31. The van der Waals surface area contributed by atoms with Gasteiger partial charge in [0, 0.05) is 18.7 Å². The molecule has 0 aliphatic carbocycles. The topological polar surface area (TPSA) is 113 Å². The van der Waals surface area contributed by atoms with E-state index in [4.69, 9.17) is 4.74 Å². The van der Waals surface area contributed by atoms with Crippen LogP contribution in [-0.2, 0) is 16.1 Å². The molecular formula is C20H20N4O4. The minimum atomic E-state index is -0.523. The molecule has 0 saturated heterocycles. The van der Waals surface area contributed by atoms with Crippen molar-refractivity contribution in [2.45, 2.75) is 19.4 Å². The lowest BCUT2D eigenvalue weighted by Gasteiger charge is -2.08. The predicted molar refractivity (Wildman–Crippen MR) is 105 cm³/mol. The standard InChI is InChI=1S/C20H20N4O4/c25-18(24-15-8-9-17-16(11-15)19(26)23-13-22-17)7-4-10-21-20(27)28-12-14-5-2-1-3-6-14/h1-3,5-6,8-9,11,13H,4,7,10,12H2,(H,21,27)(H,24,25)(H,22,23,26). The van der Waals surface area contributed by atoms with Gasteiger partial charge in [-0.05, 0) is 30.2 Å². The zero-order valence-electron chi connectivity index (χ0n) is 15.1. The largest absolute Gasteiger partial charge is 0.445 e. The van der Waals surface area contributed by atoms with Crippen LogP contribution in [0.4, 0.5) is 10.5 Å². The molecule has 0 unspecified atom stereocenters. The minimum absolute atomic E-state index is 0.198. The van der Waals surface area contributed by atoms with Crippen molar-refractivity contribution in [2.75, 3.05) is 11.9 Å². The molecule has 3 rings (SSSR count). The molecule has 3 N–H and O–H groups in total. The highest BCUT2D eigenvalue weighted by atomic mass is 16.5. The number of alkyl carbamates (subject to hydrolysis) is 1. The van der Waals surface area contributed by atoms with Crippen LogP contribution in [0.3, 0.4) is 0 Å². The van der Waals surface area contributed by atoms with E-state index in [0.717, 1.165) is 5.56 Å². The highest BCUT2D eigenvalue weighted by molar-refractivity contribution is 5.93. The van der Waals surface area contributed by atoms with E-state index < -0.39 is 6.09 Å². The summed E-state index contributed by atoms with van der Waals surface area (Å²) < 4.78 is 5.09. The number of aromatic nitrogens is 2. The van der Waals surface area contributed by atoms with Gasteiger partial charge in [-0.15, -0.1) is 0 Å². The minimum Gasteiger partial charge on any atom is -0.445 e. The number of amides is 2. The Morgan fingerprint density at radius 3 is 2.75 bits per heavy atom. The van der Waals surface area contributed by atoms with Crippen LogP contribution in [0, 0.1) is 0 Å². The summed E-state index contributed by atoms with van der Waals surface area (Å²) in [6, 6.07) is 14.3. The third-order valence-electron chi connectivity index (χ3n) is 3.99. The van der Waals surface area contributed by atoms with Crippen LogP contribution in [0.5, 0.6) is 0 Å². The second-order valence-corrected chi connectivity index (χ2v) is 6.10. The number of aromatic amines is 1. The lowest BCUT2D eigenvalue weighted by molar-refractivity contribution is -0.116. The number of hydrogen-bond donors (Lipinski definition) is 3. The molecule has 8 nitrogen and oxygen atoms in total. The molecule has 0 aliphatic rings. The number of nitrogens with zero attached hydrogens (tertiary/aromatic N) is 1. The van der Waals surface area contributed by atoms with E-state index in [2.05, 4.69) is 20.6 Å². The summed E-state index contributed by atoms with van der Waals surface area (Å²) >= 11 is 0. The molecule has 0 radical (unpaired) electrons. The van der Waals surface area contributed by atoms with Gasteiger partial charge in [0.1, 0.15) is 6.61 Å². The normalized spacial score (nSPS) is 10.4. The van der Waals surface area contributed by atoms with Crippen LogP contribution >= 0.6 is 0 Å². The highest BCUT2D eigenvalue weighted by Gasteiger charge is 2.07. The monoisotopic (exact) mass is 380 g/mol. The Labute approximate surface area is 160 Å². The molecule has 0 fully saturated rings. The van der Waals surface area contributed by atoms with E-state index in [1.807, 2.05) is 30.3 Å². The SMILES string of the molecule is O=C(CCCNC(=O)OCc1ccccc1)Nc1ccc2nc[nH]c(=O)c2c1. The van der Waals surface area contributed by atoms with E-state index in [1.165, 1.54) is 6.33 Å². The fraction of sp³-hybridized carbons (Fsp3) is 0.200. The molecule has 0 saturated carbocycles. The van der Waals surface area contributed by atoms with Crippen LogP contribution in [0.1, 0.15) is 18.4 Å². The smallest absolute Gasteiger partial charge is 0.407 e. The molecule has 0 atom stereocenters. The van der Waals surface area contributed by atoms with Crippen LogP contribution in [0.25, 0.3) is 10.9 Å². The van der Waals surface area contributed by atoms with Crippen LogP contribution in [-0.4, -0.2) is 28.5 Å². The third-order valence-corrected chi connectivity index (χ3v) is 3.99. The Bertz CT molecular complexity index is 1020. The first-order valence-electron chi connectivity index (χ1n) is 8.84. The number of anilines is 1. The maximum Gasteiger partial charge on any atom is 0.407 e. The maximum atomic E-state index is 12.0. The van der Waals surface area contributed by atoms with Crippen molar-refractivity contribution in [2.24, 2.45) is 0 Å². The lowest BCUT2D eigenvalue weighted by Crippen LogP contribution is -2.26. The average Bonchev–Trinajstić information content (AvgIpc) is 2.71. The van der Waals surface area contributed by atoms with E-state index >= 15 is 0 Å². The number of rotatable bonds is 7. The van der Waals surface area contributed by atoms with Crippen LogP contribution in [0.15, 0.2) is 59.7 Å². The van der Waals surface area contributed by atoms with Crippen LogP contribution < -0.4 is 16.2 Å². The second-order valence-electron chi connectivity index (χ2n) is 6.10. The molecule has 2 amide bonds. The lowest BCUT2D eigenvalue weighted by atomic mass is 10.2. The Balaban J connectivity index is 1.38. The number of carbonyl (C=O) groups excluding carboxylic acids is 2. The molecule has 1 heterocycles. The van der Waals surface area contributed by atoms with E-state index in [9.17, 15) is 14.4 Å². The summed E-state index contributed by atoms with van der Waals surface area (Å²) in [4.78, 5) is 42.0. The Kier molecular flexibility index (Phi) is 6.35. The van der Waals surface area contributed by atoms with Crippen molar-refractivity contribution in [1.29, 1.82) is 0 Å². The summed E-state index contributed by atoms with van der Waals surface area (Å²) in [6.45, 7) is 0.519. The molecule has 8 heteroatoms. The van der Waals surface area contributed by atoms with Gasteiger partial charge in [0.25, 0.3) is 5.56 Å². The predicted octanol–water partition coefficient (Wildman–Crippen LogP) is 2.57. The van der Waals surface area contributed by atoms with E-state index in [-0.39, 0.29) is 24.5 Å². The number of ether oxygens (including phenoxy) is 1. The molecule has 0 spiro atoms. The van der Waals surface area contributed by atoms with Crippen molar-refractivity contribution in [3.8, 4) is 0 Å². The molecule has 2 aromatic carbocycles. The number of fused-ring (bicyclic) bond motifs is 1. The average molecular weight is 380 g/mol. The summed E-state index contributed by atoms with van der Waals surface area (Å²) in [5.74, 6) is -0.209. The first kappa shape index (κ1) is 19.1. The first-order valence-corrected chi connectivity index (χ1v) is 8.84. The van der Waals surface area contributed by atoms with Crippen LogP contribution in [0.2, 0.25) is 0 Å².